The minimum Gasteiger partial charge on any atom is -0.342 e. The van der Waals surface area contributed by atoms with Gasteiger partial charge in [0.15, 0.2) is 6.29 Å². The Bertz CT molecular complexity index is 1100. The van der Waals surface area contributed by atoms with E-state index in [-0.39, 0.29) is 6.29 Å². The van der Waals surface area contributed by atoms with Gasteiger partial charge < -0.3 is 4.90 Å². The van der Waals surface area contributed by atoms with Crippen LogP contribution in [0.2, 0.25) is 0 Å². The lowest BCUT2D eigenvalue weighted by Gasteiger charge is -2.39. The Hall–Kier alpha value is -2.52. The minimum absolute atomic E-state index is 0.361. The molecule has 1 atom stereocenters. The number of likely N-dealkylation sites (tertiary alicyclic amines) is 1. The molecule has 0 radical (unpaired) electrons. The number of rotatable bonds is 6. The quantitative estimate of drug-likeness (QED) is 0.475. The molecule has 172 valence electrons. The van der Waals surface area contributed by atoms with E-state index in [9.17, 15) is 0 Å². The van der Waals surface area contributed by atoms with Gasteiger partial charge in [-0.15, -0.1) is 0 Å². The lowest BCUT2D eigenvalue weighted by Crippen LogP contribution is -2.51. The van der Waals surface area contributed by atoms with Crippen LogP contribution in [-0.2, 0) is 13.0 Å². The lowest BCUT2D eigenvalue weighted by atomic mass is 10.00. The molecule has 0 aliphatic carbocycles. The zero-order valence-electron chi connectivity index (χ0n) is 18.6. The molecular weight excluding hydrogens is 478 g/mol. The SMILES string of the molecule is NC1N=C(N2CCC(N(CCc3ccc(Br)cc3)Cc3cccc4ccncc34)CC2)NN1. The number of guanidine groups is 1. The van der Waals surface area contributed by atoms with Crippen molar-refractivity contribution in [1.29, 1.82) is 0 Å². The summed E-state index contributed by atoms with van der Waals surface area (Å²) in [6, 6.07) is 17.9. The van der Waals surface area contributed by atoms with Crippen LogP contribution in [0.3, 0.4) is 0 Å². The van der Waals surface area contributed by atoms with Gasteiger partial charge in [0.05, 0.1) is 0 Å². The van der Waals surface area contributed by atoms with Gasteiger partial charge >= 0.3 is 0 Å². The van der Waals surface area contributed by atoms with Crippen LogP contribution < -0.4 is 16.6 Å². The standard InChI is InChI=1S/C25H30BrN7/c26-21-6-4-18(5-7-21)9-13-33(17-20-3-1-2-19-8-12-28-16-23(19)20)22-10-14-32(15-11-22)25-29-24(27)30-31-25/h1-8,12,16,22,24,30H,9-11,13-15,17,27H2,(H,29,31). The first-order valence-electron chi connectivity index (χ1n) is 11.6. The number of piperidine rings is 1. The van der Waals surface area contributed by atoms with Crippen molar-refractivity contribution in [3.05, 3.63) is 76.5 Å². The number of pyridine rings is 1. The summed E-state index contributed by atoms with van der Waals surface area (Å²) in [4.78, 5) is 13.8. The van der Waals surface area contributed by atoms with Gasteiger partial charge in [-0.2, -0.15) is 5.43 Å². The van der Waals surface area contributed by atoms with Gasteiger partial charge in [0.1, 0.15) is 0 Å². The number of hydrogen-bond donors (Lipinski definition) is 3. The van der Waals surface area contributed by atoms with E-state index in [0.29, 0.717) is 6.04 Å². The summed E-state index contributed by atoms with van der Waals surface area (Å²) in [5.74, 6) is 0.863. The first-order chi connectivity index (χ1) is 16.2. The number of hydrazine groups is 1. The second kappa shape index (κ2) is 10.2. The van der Waals surface area contributed by atoms with Crippen molar-refractivity contribution in [2.24, 2.45) is 10.7 Å². The molecule has 5 rings (SSSR count). The fourth-order valence-corrected chi connectivity index (χ4v) is 5.05. The van der Waals surface area contributed by atoms with Crippen LogP contribution in [-0.4, -0.2) is 52.7 Å². The number of aliphatic imine (C=N–C) groups is 1. The van der Waals surface area contributed by atoms with E-state index >= 15 is 0 Å². The molecule has 8 heteroatoms. The third-order valence-electron chi connectivity index (χ3n) is 6.62. The van der Waals surface area contributed by atoms with Crippen LogP contribution in [0.25, 0.3) is 10.8 Å². The molecule has 0 spiro atoms. The summed E-state index contributed by atoms with van der Waals surface area (Å²) in [6.45, 7) is 3.89. The summed E-state index contributed by atoms with van der Waals surface area (Å²) in [7, 11) is 0. The Morgan fingerprint density at radius 1 is 1.09 bits per heavy atom. The average molecular weight is 508 g/mol. The van der Waals surface area contributed by atoms with Crippen LogP contribution in [0.15, 0.2) is 70.4 Å². The highest BCUT2D eigenvalue weighted by atomic mass is 79.9. The molecule has 4 N–H and O–H groups in total. The zero-order chi connectivity index (χ0) is 22.6. The fourth-order valence-electron chi connectivity index (χ4n) is 4.79. The van der Waals surface area contributed by atoms with Crippen LogP contribution in [0.4, 0.5) is 0 Å². The predicted molar refractivity (Wildman–Crippen MR) is 136 cm³/mol. The maximum atomic E-state index is 5.84. The molecule has 1 aromatic heterocycles. The Morgan fingerprint density at radius 2 is 1.91 bits per heavy atom. The van der Waals surface area contributed by atoms with Gasteiger partial charge in [0.2, 0.25) is 5.96 Å². The van der Waals surface area contributed by atoms with E-state index in [1.807, 2.05) is 12.4 Å². The second-order valence-electron chi connectivity index (χ2n) is 8.75. The second-order valence-corrected chi connectivity index (χ2v) is 9.66. The number of fused-ring (bicyclic) bond motifs is 1. The maximum Gasteiger partial charge on any atom is 0.211 e. The van der Waals surface area contributed by atoms with E-state index in [1.54, 1.807) is 0 Å². The predicted octanol–water partition coefficient (Wildman–Crippen LogP) is 3.21. The summed E-state index contributed by atoms with van der Waals surface area (Å²) < 4.78 is 1.12. The molecule has 7 nitrogen and oxygen atoms in total. The third kappa shape index (κ3) is 5.35. The molecule has 1 saturated heterocycles. The van der Waals surface area contributed by atoms with Gasteiger partial charge in [0.25, 0.3) is 0 Å². The molecular formula is C25H30BrN7. The highest BCUT2D eigenvalue weighted by molar-refractivity contribution is 9.10. The molecule has 3 heterocycles. The van der Waals surface area contributed by atoms with E-state index in [4.69, 9.17) is 5.73 Å². The molecule has 2 aliphatic rings. The summed E-state index contributed by atoms with van der Waals surface area (Å²) >= 11 is 3.54. The smallest absolute Gasteiger partial charge is 0.211 e. The van der Waals surface area contributed by atoms with Crippen molar-refractivity contribution in [2.45, 2.75) is 38.1 Å². The van der Waals surface area contributed by atoms with Crippen molar-refractivity contribution in [1.82, 2.24) is 25.6 Å². The number of nitrogens with two attached hydrogens (primary N) is 1. The maximum absolute atomic E-state index is 5.84. The molecule has 2 aliphatic heterocycles. The molecule has 0 amide bonds. The van der Waals surface area contributed by atoms with E-state index in [2.05, 4.69) is 95.1 Å². The number of nitrogens with one attached hydrogen (secondary N) is 2. The Kier molecular flexibility index (Phi) is 6.87. The van der Waals surface area contributed by atoms with Crippen molar-refractivity contribution >= 4 is 32.7 Å². The van der Waals surface area contributed by atoms with Gasteiger partial charge in [-0.3, -0.25) is 21.0 Å². The summed E-state index contributed by atoms with van der Waals surface area (Å²) in [6.07, 6.45) is 6.73. The normalized spacial score (nSPS) is 19.2. The Labute approximate surface area is 203 Å². The number of halogens is 1. The Balaban J connectivity index is 1.32. The van der Waals surface area contributed by atoms with Gasteiger partial charge in [-0.05, 0) is 54.0 Å². The highest BCUT2D eigenvalue weighted by Crippen LogP contribution is 2.24. The van der Waals surface area contributed by atoms with Gasteiger partial charge in [-0.25, -0.2) is 4.99 Å². The molecule has 3 aromatic rings. The van der Waals surface area contributed by atoms with Crippen LogP contribution in [0.1, 0.15) is 24.0 Å². The average Bonchev–Trinajstić information content (AvgIpc) is 3.29. The van der Waals surface area contributed by atoms with E-state index in [1.165, 1.54) is 21.9 Å². The highest BCUT2D eigenvalue weighted by Gasteiger charge is 2.28. The molecule has 0 bridgehead atoms. The van der Waals surface area contributed by atoms with Crippen molar-refractivity contribution in [3.8, 4) is 0 Å². The first-order valence-corrected chi connectivity index (χ1v) is 12.3. The van der Waals surface area contributed by atoms with Crippen molar-refractivity contribution in [2.75, 3.05) is 19.6 Å². The van der Waals surface area contributed by atoms with Crippen LogP contribution in [0.5, 0.6) is 0 Å². The summed E-state index contributed by atoms with van der Waals surface area (Å²) in [5.41, 5.74) is 14.6. The lowest BCUT2D eigenvalue weighted by molar-refractivity contribution is 0.129. The monoisotopic (exact) mass is 507 g/mol. The zero-order valence-corrected chi connectivity index (χ0v) is 20.2. The molecule has 1 unspecified atom stereocenters. The Morgan fingerprint density at radius 3 is 2.67 bits per heavy atom. The van der Waals surface area contributed by atoms with Gasteiger partial charge in [-0.1, -0.05) is 46.3 Å². The van der Waals surface area contributed by atoms with Crippen molar-refractivity contribution < 1.29 is 0 Å². The largest absolute Gasteiger partial charge is 0.342 e. The number of nitrogens with zero attached hydrogens (tertiary/aromatic N) is 4. The van der Waals surface area contributed by atoms with Crippen molar-refractivity contribution in [3.63, 3.8) is 0 Å². The fraction of sp³-hybridized carbons (Fsp3) is 0.360. The number of hydrogen-bond acceptors (Lipinski definition) is 7. The summed E-state index contributed by atoms with van der Waals surface area (Å²) in [5, 5.41) is 2.50. The first kappa shape index (κ1) is 22.3. The number of aromatic nitrogens is 1. The number of benzene rings is 2. The molecule has 0 saturated carbocycles. The third-order valence-corrected chi connectivity index (χ3v) is 7.15. The molecule has 33 heavy (non-hydrogen) atoms. The van der Waals surface area contributed by atoms with Crippen LogP contribution in [0, 0.1) is 0 Å². The van der Waals surface area contributed by atoms with Gasteiger partial charge in [0, 0.05) is 54.5 Å². The molecule has 1 fully saturated rings. The molecule has 2 aromatic carbocycles. The van der Waals surface area contributed by atoms with E-state index < -0.39 is 0 Å². The van der Waals surface area contributed by atoms with Crippen LogP contribution >= 0.6 is 15.9 Å². The van der Waals surface area contributed by atoms with E-state index in [0.717, 1.165) is 55.9 Å². The minimum atomic E-state index is -0.361. The topological polar surface area (TPSA) is 81.8 Å².